The molecule has 0 saturated heterocycles. The monoisotopic (exact) mass is 348 g/mol. The van der Waals surface area contributed by atoms with E-state index in [0.717, 1.165) is 22.5 Å². The molecule has 3 aromatic carbocycles. The van der Waals surface area contributed by atoms with E-state index in [2.05, 4.69) is 4.98 Å². The van der Waals surface area contributed by atoms with Gasteiger partial charge in [-0.1, -0.05) is 54.1 Å². The molecule has 0 aliphatic heterocycles. The average molecular weight is 349 g/mol. The zero-order valence-corrected chi connectivity index (χ0v) is 14.0. The molecule has 0 aliphatic rings. The molecule has 0 fully saturated rings. The van der Waals surface area contributed by atoms with Gasteiger partial charge in [0.2, 0.25) is 0 Å². The molecule has 4 rings (SSSR count). The first-order chi connectivity index (χ1) is 12.2. The Morgan fingerprint density at radius 1 is 0.840 bits per heavy atom. The molecular formula is C21H14ClFN2. The maximum absolute atomic E-state index is 14.0. The van der Waals surface area contributed by atoms with E-state index in [9.17, 15) is 4.39 Å². The lowest BCUT2D eigenvalue weighted by Crippen LogP contribution is -1.90. The average Bonchev–Trinajstić information content (AvgIpc) is 3.15. The SMILES string of the molecule is Fc1ccc(Cl)cc1-c1ccc(-n2cnc(-c3ccccc3)c2)cc1. The Hall–Kier alpha value is -2.91. The molecule has 0 unspecified atom stereocenters. The Bertz CT molecular complexity index is 1010. The maximum atomic E-state index is 14.0. The molecule has 0 amide bonds. The molecule has 0 spiro atoms. The van der Waals surface area contributed by atoms with Gasteiger partial charge in [0.1, 0.15) is 5.82 Å². The van der Waals surface area contributed by atoms with Crippen LogP contribution in [0.4, 0.5) is 4.39 Å². The molecule has 0 radical (unpaired) electrons. The molecule has 1 aromatic heterocycles. The number of hydrogen-bond acceptors (Lipinski definition) is 1. The molecule has 122 valence electrons. The van der Waals surface area contributed by atoms with Crippen LogP contribution < -0.4 is 0 Å². The van der Waals surface area contributed by atoms with E-state index in [4.69, 9.17) is 11.6 Å². The van der Waals surface area contributed by atoms with Gasteiger partial charge in [-0.2, -0.15) is 0 Å². The number of aromatic nitrogens is 2. The minimum atomic E-state index is -0.286. The Kier molecular flexibility index (Phi) is 4.08. The second kappa shape index (κ2) is 6.54. The van der Waals surface area contributed by atoms with Crippen molar-refractivity contribution in [2.24, 2.45) is 0 Å². The Labute approximate surface area is 150 Å². The fourth-order valence-electron chi connectivity index (χ4n) is 2.75. The van der Waals surface area contributed by atoms with Crippen LogP contribution in [0.25, 0.3) is 28.1 Å². The second-order valence-electron chi connectivity index (χ2n) is 5.70. The van der Waals surface area contributed by atoms with Crippen molar-refractivity contribution in [2.75, 3.05) is 0 Å². The van der Waals surface area contributed by atoms with E-state index in [0.29, 0.717) is 10.6 Å². The van der Waals surface area contributed by atoms with Crippen LogP contribution in [0.3, 0.4) is 0 Å². The molecule has 4 heteroatoms. The predicted molar refractivity (Wildman–Crippen MR) is 99.4 cm³/mol. The molecular weight excluding hydrogens is 335 g/mol. The van der Waals surface area contributed by atoms with Gasteiger partial charge in [0.15, 0.2) is 0 Å². The van der Waals surface area contributed by atoms with Gasteiger partial charge in [-0.25, -0.2) is 9.37 Å². The highest BCUT2D eigenvalue weighted by molar-refractivity contribution is 6.30. The highest BCUT2D eigenvalue weighted by atomic mass is 35.5. The molecule has 25 heavy (non-hydrogen) atoms. The minimum absolute atomic E-state index is 0.286. The van der Waals surface area contributed by atoms with Gasteiger partial charge in [0, 0.05) is 28.0 Å². The zero-order valence-electron chi connectivity index (χ0n) is 13.2. The van der Waals surface area contributed by atoms with Gasteiger partial charge in [-0.15, -0.1) is 0 Å². The summed E-state index contributed by atoms with van der Waals surface area (Å²) in [6.07, 6.45) is 3.75. The molecule has 1 heterocycles. The first-order valence-corrected chi connectivity index (χ1v) is 8.24. The Morgan fingerprint density at radius 3 is 2.36 bits per heavy atom. The molecule has 2 nitrogen and oxygen atoms in total. The topological polar surface area (TPSA) is 17.8 Å². The fourth-order valence-corrected chi connectivity index (χ4v) is 2.93. The fraction of sp³-hybridized carbons (Fsp3) is 0. The molecule has 0 bridgehead atoms. The van der Waals surface area contributed by atoms with Crippen LogP contribution in [-0.4, -0.2) is 9.55 Å². The lowest BCUT2D eigenvalue weighted by atomic mass is 10.0. The van der Waals surface area contributed by atoms with Crippen molar-refractivity contribution in [3.8, 4) is 28.1 Å². The van der Waals surface area contributed by atoms with Gasteiger partial charge >= 0.3 is 0 Å². The van der Waals surface area contributed by atoms with Crippen molar-refractivity contribution in [3.63, 3.8) is 0 Å². The largest absolute Gasteiger partial charge is 0.306 e. The molecule has 0 aliphatic carbocycles. The summed E-state index contributed by atoms with van der Waals surface area (Å²) in [7, 11) is 0. The zero-order chi connectivity index (χ0) is 17.2. The summed E-state index contributed by atoms with van der Waals surface area (Å²) in [5, 5.41) is 0.516. The maximum Gasteiger partial charge on any atom is 0.131 e. The lowest BCUT2D eigenvalue weighted by molar-refractivity contribution is 0.631. The third kappa shape index (κ3) is 3.19. The molecule has 0 saturated carbocycles. The van der Waals surface area contributed by atoms with Crippen molar-refractivity contribution >= 4 is 11.6 Å². The van der Waals surface area contributed by atoms with Crippen LogP contribution in [0.5, 0.6) is 0 Å². The number of hydrogen-bond donors (Lipinski definition) is 0. The summed E-state index contributed by atoms with van der Waals surface area (Å²) in [6.45, 7) is 0. The van der Waals surface area contributed by atoms with Crippen molar-refractivity contribution in [1.29, 1.82) is 0 Å². The van der Waals surface area contributed by atoms with Gasteiger partial charge in [-0.3, -0.25) is 0 Å². The van der Waals surface area contributed by atoms with Crippen molar-refractivity contribution in [1.82, 2.24) is 9.55 Å². The van der Waals surface area contributed by atoms with Gasteiger partial charge in [0.05, 0.1) is 12.0 Å². The number of nitrogens with zero attached hydrogens (tertiary/aromatic N) is 2. The third-order valence-electron chi connectivity index (χ3n) is 4.06. The van der Waals surface area contributed by atoms with Crippen LogP contribution >= 0.6 is 11.6 Å². The van der Waals surface area contributed by atoms with Crippen molar-refractivity contribution < 1.29 is 4.39 Å². The van der Waals surface area contributed by atoms with Gasteiger partial charge < -0.3 is 4.57 Å². The number of halogens is 2. The van der Waals surface area contributed by atoms with E-state index in [1.807, 2.05) is 65.4 Å². The Balaban J connectivity index is 1.65. The lowest BCUT2D eigenvalue weighted by Gasteiger charge is -2.07. The van der Waals surface area contributed by atoms with Crippen LogP contribution in [0, 0.1) is 5.82 Å². The first-order valence-electron chi connectivity index (χ1n) is 7.86. The van der Waals surface area contributed by atoms with E-state index in [-0.39, 0.29) is 5.82 Å². The molecule has 4 aromatic rings. The summed E-state index contributed by atoms with van der Waals surface area (Å²) in [4.78, 5) is 4.45. The first kappa shape index (κ1) is 15.6. The van der Waals surface area contributed by atoms with E-state index in [1.54, 1.807) is 18.5 Å². The predicted octanol–water partition coefficient (Wildman–Crippen LogP) is 6.00. The third-order valence-corrected chi connectivity index (χ3v) is 4.29. The van der Waals surface area contributed by atoms with Gasteiger partial charge in [-0.05, 0) is 35.9 Å². The summed E-state index contributed by atoms with van der Waals surface area (Å²) >= 11 is 5.98. The summed E-state index contributed by atoms with van der Waals surface area (Å²) in [5.74, 6) is -0.286. The normalized spacial score (nSPS) is 10.8. The van der Waals surface area contributed by atoms with Crippen LogP contribution in [-0.2, 0) is 0 Å². The second-order valence-corrected chi connectivity index (χ2v) is 6.14. The molecule has 0 atom stereocenters. The Morgan fingerprint density at radius 2 is 1.60 bits per heavy atom. The minimum Gasteiger partial charge on any atom is -0.306 e. The summed E-state index contributed by atoms with van der Waals surface area (Å²) in [5.41, 5.74) is 4.21. The molecule has 0 N–H and O–H groups in total. The number of benzene rings is 3. The highest BCUT2D eigenvalue weighted by Crippen LogP contribution is 2.27. The van der Waals surface area contributed by atoms with Gasteiger partial charge in [0.25, 0.3) is 0 Å². The van der Waals surface area contributed by atoms with Crippen LogP contribution in [0.1, 0.15) is 0 Å². The van der Waals surface area contributed by atoms with Crippen LogP contribution in [0.15, 0.2) is 85.3 Å². The standard InChI is InChI=1S/C21H14ClFN2/c22-17-8-11-20(23)19(12-17)15-6-9-18(10-7-15)25-13-21(24-14-25)16-4-2-1-3-5-16/h1-14H. The summed E-state index contributed by atoms with van der Waals surface area (Å²) in [6, 6.07) is 22.2. The highest BCUT2D eigenvalue weighted by Gasteiger charge is 2.07. The van der Waals surface area contributed by atoms with Crippen molar-refractivity contribution in [3.05, 3.63) is 96.2 Å². The van der Waals surface area contributed by atoms with Crippen LogP contribution in [0.2, 0.25) is 5.02 Å². The number of imidazole rings is 1. The quantitative estimate of drug-likeness (QED) is 0.444. The van der Waals surface area contributed by atoms with E-state index in [1.165, 1.54) is 6.07 Å². The van der Waals surface area contributed by atoms with E-state index >= 15 is 0 Å². The number of rotatable bonds is 3. The van der Waals surface area contributed by atoms with Crippen molar-refractivity contribution in [2.45, 2.75) is 0 Å². The van der Waals surface area contributed by atoms with E-state index < -0.39 is 0 Å². The summed E-state index contributed by atoms with van der Waals surface area (Å²) < 4.78 is 15.9. The smallest absolute Gasteiger partial charge is 0.131 e.